The third-order valence-corrected chi connectivity index (χ3v) is 4.16. The molecule has 1 fully saturated rings. The summed E-state index contributed by atoms with van der Waals surface area (Å²) in [5.74, 6) is -0.307. The van der Waals surface area contributed by atoms with E-state index in [1.807, 2.05) is 6.08 Å². The lowest BCUT2D eigenvalue weighted by Gasteiger charge is -2.43. The molecule has 0 aliphatic heterocycles. The van der Waals surface area contributed by atoms with Crippen LogP contribution in [0.5, 0.6) is 0 Å². The Hall–Kier alpha value is -0.870. The Kier molecular flexibility index (Phi) is 3.04. The number of carbonyl (C=O) groups excluding carboxylic acids is 1. The van der Waals surface area contributed by atoms with Crippen molar-refractivity contribution in [3.8, 4) is 0 Å². The molecule has 0 aromatic rings. The van der Waals surface area contributed by atoms with E-state index < -0.39 is 11.2 Å². The first-order chi connectivity index (χ1) is 7.93. The number of methoxy groups -OCH3 is 1. The molecule has 0 bridgehead atoms. The van der Waals surface area contributed by atoms with Gasteiger partial charge in [-0.1, -0.05) is 12.2 Å². The predicted octanol–water partition coefficient (Wildman–Crippen LogP) is 1.42. The first kappa shape index (κ1) is 12.6. The van der Waals surface area contributed by atoms with E-state index in [4.69, 9.17) is 9.47 Å². The van der Waals surface area contributed by atoms with Gasteiger partial charge in [-0.3, -0.25) is 4.79 Å². The van der Waals surface area contributed by atoms with Crippen LogP contribution < -0.4 is 0 Å². The van der Waals surface area contributed by atoms with Crippen LogP contribution in [0.25, 0.3) is 0 Å². The largest absolute Gasteiger partial charge is 0.455 e. The summed E-state index contributed by atoms with van der Waals surface area (Å²) in [4.78, 5) is 11.3. The fraction of sp³-hybridized carbons (Fsp3) is 0.769. The van der Waals surface area contributed by atoms with Crippen molar-refractivity contribution in [1.29, 1.82) is 0 Å². The van der Waals surface area contributed by atoms with Crippen molar-refractivity contribution in [3.63, 3.8) is 0 Å². The quantitative estimate of drug-likeness (QED) is 0.586. The smallest absolute Gasteiger partial charge is 0.303 e. The van der Waals surface area contributed by atoms with Crippen molar-refractivity contribution in [2.45, 2.75) is 50.4 Å². The number of allylic oxidation sites excluding steroid dienone is 1. The van der Waals surface area contributed by atoms with E-state index in [-0.39, 0.29) is 18.0 Å². The summed E-state index contributed by atoms with van der Waals surface area (Å²) < 4.78 is 11.0. The molecule has 0 unspecified atom stereocenters. The lowest BCUT2D eigenvalue weighted by molar-refractivity contribution is -0.193. The molecule has 4 atom stereocenters. The van der Waals surface area contributed by atoms with Gasteiger partial charge in [-0.05, 0) is 13.3 Å². The maximum absolute atomic E-state index is 11.3. The molecule has 0 radical (unpaired) electrons. The number of hydrogen-bond acceptors (Lipinski definition) is 4. The van der Waals surface area contributed by atoms with Gasteiger partial charge in [0, 0.05) is 32.8 Å². The van der Waals surface area contributed by atoms with Crippen LogP contribution in [-0.4, -0.2) is 35.5 Å². The summed E-state index contributed by atoms with van der Waals surface area (Å²) in [5.41, 5.74) is -1.86. The fourth-order valence-corrected chi connectivity index (χ4v) is 3.35. The maximum Gasteiger partial charge on any atom is 0.303 e. The van der Waals surface area contributed by atoms with Gasteiger partial charge < -0.3 is 14.6 Å². The minimum Gasteiger partial charge on any atom is -0.455 e. The molecule has 0 heterocycles. The number of esters is 1. The third-order valence-electron chi connectivity index (χ3n) is 4.16. The van der Waals surface area contributed by atoms with E-state index in [2.05, 4.69) is 6.08 Å². The molecule has 2 aliphatic carbocycles. The Morgan fingerprint density at radius 2 is 2.18 bits per heavy atom. The predicted molar refractivity (Wildman–Crippen MR) is 62.4 cm³/mol. The zero-order chi connectivity index (χ0) is 12.7. The molecule has 0 aromatic carbocycles. The number of ether oxygens (including phenoxy) is 2. The number of hydrogen-bond donors (Lipinski definition) is 1. The van der Waals surface area contributed by atoms with Crippen LogP contribution in [0.2, 0.25) is 0 Å². The van der Waals surface area contributed by atoms with Crippen LogP contribution in [0.4, 0.5) is 0 Å². The highest BCUT2D eigenvalue weighted by molar-refractivity contribution is 5.67. The Labute approximate surface area is 102 Å². The molecule has 0 aromatic heterocycles. The summed E-state index contributed by atoms with van der Waals surface area (Å²) in [5, 5.41) is 10.6. The molecule has 2 aliphatic rings. The molecule has 96 valence electrons. The molecular weight excluding hydrogens is 220 g/mol. The molecular formula is C13H20O4. The second-order valence-electron chi connectivity index (χ2n) is 5.25. The van der Waals surface area contributed by atoms with Gasteiger partial charge in [-0.2, -0.15) is 0 Å². The molecule has 17 heavy (non-hydrogen) atoms. The fourth-order valence-electron chi connectivity index (χ4n) is 3.35. The summed E-state index contributed by atoms with van der Waals surface area (Å²) in [6.07, 6.45) is 5.83. The SMILES string of the molecule is CO[C@@H]1C[C@@](C)(O)[C@@]2(OC(C)=O)CC=CC[C@H]12. The van der Waals surface area contributed by atoms with Gasteiger partial charge in [0.2, 0.25) is 0 Å². The van der Waals surface area contributed by atoms with Gasteiger partial charge in [0.1, 0.15) is 11.2 Å². The second kappa shape index (κ2) is 4.10. The van der Waals surface area contributed by atoms with E-state index in [1.54, 1.807) is 14.0 Å². The zero-order valence-corrected chi connectivity index (χ0v) is 10.6. The van der Waals surface area contributed by atoms with Crippen LogP contribution in [0.3, 0.4) is 0 Å². The van der Waals surface area contributed by atoms with Crippen molar-refractivity contribution < 1.29 is 19.4 Å². The van der Waals surface area contributed by atoms with Crippen molar-refractivity contribution >= 4 is 5.97 Å². The van der Waals surface area contributed by atoms with E-state index in [9.17, 15) is 9.90 Å². The van der Waals surface area contributed by atoms with Crippen molar-refractivity contribution in [3.05, 3.63) is 12.2 Å². The molecule has 0 saturated heterocycles. The standard InChI is InChI=1S/C13H20O4/c1-9(14)17-13-7-5-4-6-10(13)11(16-3)8-12(13,2)15/h4-5,10-11,15H,6-8H2,1-3H3/t10-,11-,12-,13-/m1/s1. The Balaban J connectivity index is 2.40. The van der Waals surface area contributed by atoms with Crippen molar-refractivity contribution in [1.82, 2.24) is 0 Å². The minimum atomic E-state index is -1.03. The average Bonchev–Trinajstić information content (AvgIpc) is 2.47. The molecule has 4 heteroatoms. The van der Waals surface area contributed by atoms with Gasteiger partial charge >= 0.3 is 5.97 Å². The van der Waals surface area contributed by atoms with Gasteiger partial charge in [-0.25, -0.2) is 0 Å². The number of carbonyl (C=O) groups is 1. The Morgan fingerprint density at radius 1 is 1.47 bits per heavy atom. The maximum atomic E-state index is 11.3. The Bertz CT molecular complexity index is 347. The molecule has 4 nitrogen and oxygen atoms in total. The third kappa shape index (κ3) is 1.79. The van der Waals surface area contributed by atoms with Crippen molar-refractivity contribution in [2.24, 2.45) is 5.92 Å². The van der Waals surface area contributed by atoms with E-state index in [1.165, 1.54) is 6.92 Å². The summed E-state index contributed by atoms with van der Waals surface area (Å²) in [6, 6.07) is 0. The molecule has 0 amide bonds. The van der Waals surface area contributed by atoms with Crippen molar-refractivity contribution in [2.75, 3.05) is 7.11 Å². The van der Waals surface area contributed by atoms with Gasteiger partial charge in [0.15, 0.2) is 0 Å². The normalized spacial score (nSPS) is 44.5. The highest BCUT2D eigenvalue weighted by Gasteiger charge is 2.63. The Morgan fingerprint density at radius 3 is 2.76 bits per heavy atom. The average molecular weight is 240 g/mol. The number of rotatable bonds is 2. The summed E-state index contributed by atoms with van der Waals surface area (Å²) in [7, 11) is 1.64. The summed E-state index contributed by atoms with van der Waals surface area (Å²) in [6.45, 7) is 3.13. The van der Waals surface area contributed by atoms with Crippen LogP contribution in [0.15, 0.2) is 12.2 Å². The van der Waals surface area contributed by atoms with E-state index in [0.717, 1.165) is 6.42 Å². The first-order valence-electron chi connectivity index (χ1n) is 6.03. The number of aliphatic hydroxyl groups is 1. The number of fused-ring (bicyclic) bond motifs is 1. The van der Waals surface area contributed by atoms with Gasteiger partial charge in [0.05, 0.1) is 6.10 Å². The monoisotopic (exact) mass is 240 g/mol. The molecule has 2 rings (SSSR count). The van der Waals surface area contributed by atoms with Crippen LogP contribution in [0, 0.1) is 5.92 Å². The van der Waals surface area contributed by atoms with E-state index >= 15 is 0 Å². The van der Waals surface area contributed by atoms with Crippen LogP contribution in [-0.2, 0) is 14.3 Å². The lowest BCUT2D eigenvalue weighted by atomic mass is 9.74. The van der Waals surface area contributed by atoms with Gasteiger partial charge in [0.25, 0.3) is 0 Å². The highest BCUT2D eigenvalue weighted by Crippen LogP contribution is 2.52. The summed E-state index contributed by atoms with van der Waals surface area (Å²) >= 11 is 0. The van der Waals surface area contributed by atoms with Crippen LogP contribution in [0.1, 0.15) is 33.1 Å². The minimum absolute atomic E-state index is 0.0383. The first-order valence-corrected chi connectivity index (χ1v) is 6.03. The van der Waals surface area contributed by atoms with E-state index in [0.29, 0.717) is 12.8 Å². The van der Waals surface area contributed by atoms with Crippen LogP contribution >= 0.6 is 0 Å². The topological polar surface area (TPSA) is 55.8 Å². The lowest BCUT2D eigenvalue weighted by Crippen LogP contribution is -2.55. The van der Waals surface area contributed by atoms with Gasteiger partial charge in [-0.15, -0.1) is 0 Å². The second-order valence-corrected chi connectivity index (χ2v) is 5.25. The molecule has 1 saturated carbocycles. The highest BCUT2D eigenvalue weighted by atomic mass is 16.6. The molecule has 1 N–H and O–H groups in total. The molecule has 0 spiro atoms. The zero-order valence-electron chi connectivity index (χ0n) is 10.6.